The van der Waals surface area contributed by atoms with Crippen molar-refractivity contribution in [2.45, 2.75) is 13.8 Å². The number of carbonyl (C=O) groups is 2. The summed E-state index contributed by atoms with van der Waals surface area (Å²) < 4.78 is 16.0. The summed E-state index contributed by atoms with van der Waals surface area (Å²) in [7, 11) is 0. The fourth-order valence-electron chi connectivity index (χ4n) is 3.22. The summed E-state index contributed by atoms with van der Waals surface area (Å²) >= 11 is 0. The Kier molecular flexibility index (Phi) is 6.53. The van der Waals surface area contributed by atoms with Gasteiger partial charge in [-0.1, -0.05) is 24.3 Å². The van der Waals surface area contributed by atoms with Crippen molar-refractivity contribution in [1.29, 1.82) is 0 Å². The Morgan fingerprint density at radius 2 is 1.82 bits per heavy atom. The number of carbonyl (C=O) groups excluding carboxylic acids is 2. The maximum absolute atomic E-state index is 12.5. The Hall–Kier alpha value is -4.34. The molecule has 1 aliphatic rings. The highest BCUT2D eigenvalue weighted by Gasteiger charge is 2.30. The second kappa shape index (κ2) is 9.86. The Bertz CT molecular complexity index is 1230. The van der Waals surface area contributed by atoms with Gasteiger partial charge in [0, 0.05) is 11.1 Å². The highest BCUT2D eigenvalue weighted by atomic mass is 16.6. The lowest BCUT2D eigenvalue weighted by atomic mass is 10.1. The van der Waals surface area contributed by atoms with Gasteiger partial charge in [0.15, 0.2) is 18.1 Å². The molecule has 0 aliphatic heterocycles. The molecule has 0 saturated carbocycles. The molecule has 168 valence electrons. The average Bonchev–Trinajstić information content (AvgIpc) is 3.11. The standard InChI is InChI=1S/C23H21N5O5/c1-3-31-18-11-14(9-10-17(18)33-13-19(29)32-4-2)12-24-27-23-25-21-20(26-28-23)15-7-5-6-8-16(15)22(21)30/h5-12H,3-4,13H2,1-2H3,(H,25,27,28)/b24-12-. The van der Waals surface area contributed by atoms with Crippen LogP contribution in [-0.2, 0) is 9.53 Å². The highest BCUT2D eigenvalue weighted by molar-refractivity contribution is 6.19. The number of ether oxygens (including phenoxy) is 3. The molecular formula is C23H21N5O5. The summed E-state index contributed by atoms with van der Waals surface area (Å²) in [4.78, 5) is 28.3. The van der Waals surface area contributed by atoms with Crippen molar-refractivity contribution in [3.63, 3.8) is 0 Å². The number of nitrogens with one attached hydrogen (secondary N) is 1. The van der Waals surface area contributed by atoms with Crippen molar-refractivity contribution in [3.05, 3.63) is 59.3 Å². The van der Waals surface area contributed by atoms with Gasteiger partial charge in [0.2, 0.25) is 5.78 Å². The van der Waals surface area contributed by atoms with Crippen LogP contribution in [-0.4, -0.2) is 53.0 Å². The monoisotopic (exact) mass is 447 g/mol. The number of benzene rings is 2. The number of esters is 1. The van der Waals surface area contributed by atoms with Crippen molar-refractivity contribution in [2.24, 2.45) is 5.10 Å². The summed E-state index contributed by atoms with van der Waals surface area (Å²) in [6, 6.07) is 12.3. The van der Waals surface area contributed by atoms with Crippen LogP contribution in [0.5, 0.6) is 11.5 Å². The summed E-state index contributed by atoms with van der Waals surface area (Å²) in [6.07, 6.45) is 1.53. The van der Waals surface area contributed by atoms with Gasteiger partial charge in [-0.15, -0.1) is 10.2 Å². The van der Waals surface area contributed by atoms with Crippen LogP contribution in [0.15, 0.2) is 47.6 Å². The largest absolute Gasteiger partial charge is 0.490 e. The van der Waals surface area contributed by atoms with E-state index < -0.39 is 5.97 Å². The lowest BCUT2D eigenvalue weighted by molar-refractivity contribution is -0.145. The van der Waals surface area contributed by atoms with Crippen molar-refractivity contribution in [1.82, 2.24) is 15.2 Å². The summed E-state index contributed by atoms with van der Waals surface area (Å²) in [6.45, 7) is 4.06. The van der Waals surface area contributed by atoms with E-state index in [1.807, 2.05) is 19.1 Å². The minimum atomic E-state index is -0.459. The second-order valence-corrected chi connectivity index (χ2v) is 6.81. The molecule has 0 unspecified atom stereocenters. The fraction of sp³-hybridized carbons (Fsp3) is 0.217. The van der Waals surface area contributed by atoms with E-state index in [1.165, 1.54) is 6.21 Å². The molecule has 0 radical (unpaired) electrons. The zero-order valence-corrected chi connectivity index (χ0v) is 18.1. The van der Waals surface area contributed by atoms with E-state index in [0.29, 0.717) is 34.9 Å². The van der Waals surface area contributed by atoms with Crippen molar-refractivity contribution in [3.8, 4) is 22.8 Å². The quantitative estimate of drug-likeness (QED) is 0.234. The van der Waals surface area contributed by atoms with Crippen LogP contribution in [0.1, 0.15) is 35.5 Å². The number of hydrogen-bond acceptors (Lipinski definition) is 10. The fourth-order valence-corrected chi connectivity index (χ4v) is 3.22. The lowest BCUT2D eigenvalue weighted by Crippen LogP contribution is -2.15. The molecule has 0 bridgehead atoms. The molecule has 1 N–H and O–H groups in total. The third kappa shape index (κ3) is 4.79. The van der Waals surface area contributed by atoms with Crippen molar-refractivity contribution < 1.29 is 23.8 Å². The number of hydrogen-bond donors (Lipinski definition) is 1. The van der Waals surface area contributed by atoms with Crippen LogP contribution in [0.25, 0.3) is 11.3 Å². The van der Waals surface area contributed by atoms with E-state index in [1.54, 1.807) is 37.3 Å². The molecule has 0 atom stereocenters. The summed E-state index contributed by atoms with van der Waals surface area (Å²) in [5, 5.41) is 12.3. The molecular weight excluding hydrogens is 426 g/mol. The predicted molar refractivity (Wildman–Crippen MR) is 120 cm³/mol. The van der Waals surface area contributed by atoms with Crippen LogP contribution >= 0.6 is 0 Å². The van der Waals surface area contributed by atoms with E-state index in [2.05, 4.69) is 25.7 Å². The maximum atomic E-state index is 12.5. The predicted octanol–water partition coefficient (Wildman–Crippen LogP) is 2.87. The first-order chi connectivity index (χ1) is 16.1. The Labute approximate surface area is 189 Å². The summed E-state index contributed by atoms with van der Waals surface area (Å²) in [5.74, 6) is 0.330. The van der Waals surface area contributed by atoms with Gasteiger partial charge in [0.25, 0.3) is 5.95 Å². The number of nitrogens with zero attached hydrogens (tertiary/aromatic N) is 4. The van der Waals surface area contributed by atoms with Crippen LogP contribution in [0, 0.1) is 0 Å². The third-order valence-electron chi connectivity index (χ3n) is 4.63. The zero-order valence-electron chi connectivity index (χ0n) is 18.1. The Morgan fingerprint density at radius 3 is 2.61 bits per heavy atom. The lowest BCUT2D eigenvalue weighted by Gasteiger charge is -2.12. The second-order valence-electron chi connectivity index (χ2n) is 6.81. The maximum Gasteiger partial charge on any atom is 0.344 e. The van der Waals surface area contributed by atoms with Crippen LogP contribution < -0.4 is 14.9 Å². The number of hydrazone groups is 1. The number of anilines is 1. The molecule has 10 heteroatoms. The summed E-state index contributed by atoms with van der Waals surface area (Å²) in [5.41, 5.74) is 5.38. The third-order valence-corrected chi connectivity index (χ3v) is 4.63. The van der Waals surface area contributed by atoms with Crippen LogP contribution in [0.3, 0.4) is 0 Å². The molecule has 3 aromatic rings. The van der Waals surface area contributed by atoms with E-state index in [9.17, 15) is 9.59 Å². The first-order valence-electron chi connectivity index (χ1n) is 10.3. The van der Waals surface area contributed by atoms with Gasteiger partial charge in [0.05, 0.1) is 19.4 Å². The van der Waals surface area contributed by atoms with Gasteiger partial charge in [-0.3, -0.25) is 4.79 Å². The number of rotatable bonds is 9. The molecule has 4 rings (SSSR count). The van der Waals surface area contributed by atoms with Gasteiger partial charge in [-0.05, 0) is 37.6 Å². The number of fused-ring (bicyclic) bond motifs is 3. The highest BCUT2D eigenvalue weighted by Crippen LogP contribution is 2.33. The van der Waals surface area contributed by atoms with E-state index in [4.69, 9.17) is 14.2 Å². The Balaban J connectivity index is 1.45. The Morgan fingerprint density at radius 1 is 1.00 bits per heavy atom. The minimum absolute atomic E-state index is 0.102. The van der Waals surface area contributed by atoms with Gasteiger partial charge in [-0.2, -0.15) is 5.10 Å². The molecule has 0 fully saturated rings. The average molecular weight is 447 g/mol. The minimum Gasteiger partial charge on any atom is -0.490 e. The van der Waals surface area contributed by atoms with E-state index in [0.717, 1.165) is 5.56 Å². The van der Waals surface area contributed by atoms with Crippen molar-refractivity contribution >= 4 is 23.9 Å². The SMILES string of the molecule is CCOC(=O)COc1ccc(/C=N\Nc2nnc3c(n2)C(=O)c2ccccc2-3)cc1OCC. The van der Waals surface area contributed by atoms with Crippen LogP contribution in [0.4, 0.5) is 5.95 Å². The van der Waals surface area contributed by atoms with Crippen LogP contribution in [0.2, 0.25) is 0 Å². The molecule has 0 saturated heterocycles. The molecule has 1 aromatic heterocycles. The molecule has 0 spiro atoms. The van der Waals surface area contributed by atoms with E-state index in [-0.39, 0.29) is 30.6 Å². The van der Waals surface area contributed by atoms with Gasteiger partial charge >= 0.3 is 5.97 Å². The topological polar surface area (TPSA) is 125 Å². The molecule has 2 aromatic carbocycles. The molecule has 1 aliphatic carbocycles. The van der Waals surface area contributed by atoms with Gasteiger partial charge in [0.1, 0.15) is 11.4 Å². The van der Waals surface area contributed by atoms with Gasteiger partial charge in [-0.25, -0.2) is 15.2 Å². The normalized spacial score (nSPS) is 11.8. The number of ketones is 1. The number of aromatic nitrogens is 3. The molecule has 33 heavy (non-hydrogen) atoms. The first-order valence-corrected chi connectivity index (χ1v) is 10.3. The molecule has 10 nitrogen and oxygen atoms in total. The molecule has 0 amide bonds. The smallest absolute Gasteiger partial charge is 0.344 e. The zero-order chi connectivity index (χ0) is 23.2. The molecule has 1 heterocycles. The first kappa shape index (κ1) is 21.9. The van der Waals surface area contributed by atoms with Gasteiger partial charge < -0.3 is 14.2 Å². The van der Waals surface area contributed by atoms with Crippen molar-refractivity contribution in [2.75, 3.05) is 25.2 Å². The van der Waals surface area contributed by atoms with E-state index >= 15 is 0 Å².